The summed E-state index contributed by atoms with van der Waals surface area (Å²) in [6, 6.07) is 13.2. The van der Waals surface area contributed by atoms with Crippen LogP contribution >= 0.6 is 0 Å². The van der Waals surface area contributed by atoms with Gasteiger partial charge in [-0.05, 0) is 54.6 Å². The van der Waals surface area contributed by atoms with Crippen molar-refractivity contribution < 1.29 is 12.8 Å². The summed E-state index contributed by atoms with van der Waals surface area (Å²) in [5, 5.41) is 4.09. The van der Waals surface area contributed by atoms with E-state index in [0.29, 0.717) is 5.69 Å². The van der Waals surface area contributed by atoms with Crippen LogP contribution in [-0.2, 0) is 10.0 Å². The molecule has 0 saturated heterocycles. The highest BCUT2D eigenvalue weighted by atomic mass is 32.2. The van der Waals surface area contributed by atoms with Crippen LogP contribution in [0.3, 0.4) is 0 Å². The molecule has 0 saturated carbocycles. The Morgan fingerprint density at radius 2 is 1.68 bits per heavy atom. The van der Waals surface area contributed by atoms with Crippen molar-refractivity contribution in [3.8, 4) is 5.69 Å². The van der Waals surface area contributed by atoms with Gasteiger partial charge < -0.3 is 0 Å². The Balaban J connectivity index is 1.82. The zero-order chi connectivity index (χ0) is 15.6. The van der Waals surface area contributed by atoms with Gasteiger partial charge in [0.1, 0.15) is 5.82 Å². The molecule has 0 fully saturated rings. The number of benzene rings is 2. The predicted molar refractivity (Wildman–Crippen MR) is 80.8 cm³/mol. The average molecular weight is 317 g/mol. The van der Waals surface area contributed by atoms with Gasteiger partial charge in [0.15, 0.2) is 0 Å². The van der Waals surface area contributed by atoms with E-state index < -0.39 is 15.8 Å². The van der Waals surface area contributed by atoms with E-state index in [1.54, 1.807) is 47.4 Å². The molecule has 0 aliphatic carbocycles. The fourth-order valence-electron chi connectivity index (χ4n) is 1.93. The molecule has 0 amide bonds. The van der Waals surface area contributed by atoms with E-state index in [-0.39, 0.29) is 4.90 Å². The first-order valence-corrected chi connectivity index (χ1v) is 7.91. The third-order valence-electron chi connectivity index (χ3n) is 3.01. The molecule has 0 atom stereocenters. The number of rotatable bonds is 4. The summed E-state index contributed by atoms with van der Waals surface area (Å²) in [6.07, 6.45) is 3.45. The molecule has 0 aliphatic rings. The van der Waals surface area contributed by atoms with Crippen molar-refractivity contribution >= 4 is 15.7 Å². The zero-order valence-corrected chi connectivity index (χ0v) is 12.2. The molecule has 3 aromatic rings. The van der Waals surface area contributed by atoms with Crippen molar-refractivity contribution in [2.24, 2.45) is 0 Å². The van der Waals surface area contributed by atoms with Gasteiger partial charge in [-0.25, -0.2) is 17.5 Å². The van der Waals surface area contributed by atoms with Crippen LogP contribution in [-0.4, -0.2) is 18.2 Å². The van der Waals surface area contributed by atoms with E-state index in [0.717, 1.165) is 17.8 Å². The normalized spacial score (nSPS) is 11.3. The monoisotopic (exact) mass is 317 g/mol. The standard InChI is InChI=1S/C15H12FN3O2S/c16-12-2-8-15(9-3-12)22(20,21)18-13-4-6-14(7-5-13)19-11-1-10-17-19/h1-11,18H. The molecule has 0 bridgehead atoms. The minimum Gasteiger partial charge on any atom is -0.280 e. The maximum Gasteiger partial charge on any atom is 0.261 e. The van der Waals surface area contributed by atoms with E-state index in [9.17, 15) is 12.8 Å². The van der Waals surface area contributed by atoms with E-state index in [1.165, 1.54) is 12.1 Å². The van der Waals surface area contributed by atoms with Crippen LogP contribution in [0, 0.1) is 5.82 Å². The quantitative estimate of drug-likeness (QED) is 0.805. The zero-order valence-electron chi connectivity index (χ0n) is 11.3. The first kappa shape index (κ1) is 14.3. The largest absolute Gasteiger partial charge is 0.280 e. The van der Waals surface area contributed by atoms with Gasteiger partial charge in [-0.15, -0.1) is 0 Å². The van der Waals surface area contributed by atoms with Crippen molar-refractivity contribution in [3.63, 3.8) is 0 Å². The summed E-state index contributed by atoms with van der Waals surface area (Å²) in [6.45, 7) is 0. The minimum absolute atomic E-state index is 0.00468. The van der Waals surface area contributed by atoms with Gasteiger partial charge in [-0.1, -0.05) is 0 Å². The smallest absolute Gasteiger partial charge is 0.261 e. The molecule has 1 N–H and O–H groups in total. The number of anilines is 1. The predicted octanol–water partition coefficient (Wildman–Crippen LogP) is 2.81. The van der Waals surface area contributed by atoms with Gasteiger partial charge in [0.25, 0.3) is 10.0 Å². The summed E-state index contributed by atoms with van der Waals surface area (Å²) >= 11 is 0. The number of halogens is 1. The van der Waals surface area contributed by atoms with Crippen molar-refractivity contribution in [1.82, 2.24) is 9.78 Å². The average Bonchev–Trinajstić information content (AvgIpc) is 3.02. The molecule has 1 aromatic heterocycles. The Hall–Kier alpha value is -2.67. The van der Waals surface area contributed by atoms with Gasteiger partial charge >= 0.3 is 0 Å². The fraction of sp³-hybridized carbons (Fsp3) is 0. The SMILES string of the molecule is O=S(=O)(Nc1ccc(-n2cccn2)cc1)c1ccc(F)cc1. The van der Waals surface area contributed by atoms with Crippen LogP contribution in [0.5, 0.6) is 0 Å². The number of hydrogen-bond donors (Lipinski definition) is 1. The molecule has 0 unspecified atom stereocenters. The molecular weight excluding hydrogens is 305 g/mol. The molecule has 0 aliphatic heterocycles. The lowest BCUT2D eigenvalue weighted by Crippen LogP contribution is -2.12. The topological polar surface area (TPSA) is 64.0 Å². The summed E-state index contributed by atoms with van der Waals surface area (Å²) in [5.41, 5.74) is 1.23. The van der Waals surface area contributed by atoms with E-state index in [2.05, 4.69) is 9.82 Å². The molecule has 0 spiro atoms. The summed E-state index contributed by atoms with van der Waals surface area (Å²) in [4.78, 5) is 0.00468. The first-order chi connectivity index (χ1) is 10.5. The van der Waals surface area contributed by atoms with Crippen LogP contribution < -0.4 is 4.72 Å². The molecule has 1 heterocycles. The maximum absolute atomic E-state index is 12.9. The maximum atomic E-state index is 12.9. The number of sulfonamides is 1. The summed E-state index contributed by atoms with van der Waals surface area (Å²) in [7, 11) is -3.74. The molecule has 5 nitrogen and oxygen atoms in total. The second-order valence-electron chi connectivity index (χ2n) is 4.56. The second-order valence-corrected chi connectivity index (χ2v) is 6.24. The minimum atomic E-state index is -3.74. The van der Waals surface area contributed by atoms with Crippen LogP contribution in [0.1, 0.15) is 0 Å². The van der Waals surface area contributed by atoms with Gasteiger partial charge in [-0.2, -0.15) is 5.10 Å². The lowest BCUT2D eigenvalue weighted by molar-refractivity contribution is 0.599. The summed E-state index contributed by atoms with van der Waals surface area (Å²) < 4.78 is 41.3. The molecule has 2 aromatic carbocycles. The van der Waals surface area contributed by atoms with E-state index in [4.69, 9.17) is 0 Å². The van der Waals surface area contributed by atoms with Gasteiger partial charge in [0.05, 0.1) is 10.6 Å². The molecule has 3 rings (SSSR count). The third kappa shape index (κ3) is 2.99. The van der Waals surface area contributed by atoms with E-state index >= 15 is 0 Å². The lowest BCUT2D eigenvalue weighted by Gasteiger charge is -2.09. The second kappa shape index (κ2) is 5.61. The number of nitrogens with zero attached hydrogens (tertiary/aromatic N) is 2. The van der Waals surface area contributed by atoms with Crippen molar-refractivity contribution in [2.45, 2.75) is 4.90 Å². The Labute approximate surface area is 127 Å². The first-order valence-electron chi connectivity index (χ1n) is 6.43. The van der Waals surface area contributed by atoms with Gasteiger partial charge in [-0.3, -0.25) is 4.72 Å². The molecule has 22 heavy (non-hydrogen) atoms. The molecule has 112 valence electrons. The van der Waals surface area contributed by atoms with Crippen LogP contribution in [0.15, 0.2) is 71.9 Å². The van der Waals surface area contributed by atoms with Gasteiger partial charge in [0.2, 0.25) is 0 Å². The number of nitrogens with one attached hydrogen (secondary N) is 1. The molecule has 7 heteroatoms. The van der Waals surface area contributed by atoms with Crippen LogP contribution in [0.2, 0.25) is 0 Å². The van der Waals surface area contributed by atoms with Crippen LogP contribution in [0.25, 0.3) is 5.69 Å². The number of hydrogen-bond acceptors (Lipinski definition) is 3. The third-order valence-corrected chi connectivity index (χ3v) is 4.41. The Bertz CT molecular complexity index is 858. The van der Waals surface area contributed by atoms with Crippen molar-refractivity contribution in [3.05, 3.63) is 72.8 Å². The molecular formula is C15H12FN3O2S. The Kier molecular flexibility index (Phi) is 3.64. The highest BCUT2D eigenvalue weighted by Gasteiger charge is 2.14. The van der Waals surface area contributed by atoms with Crippen LogP contribution in [0.4, 0.5) is 10.1 Å². The van der Waals surface area contributed by atoms with E-state index in [1.807, 2.05) is 0 Å². The Morgan fingerprint density at radius 3 is 2.27 bits per heavy atom. The fourth-order valence-corrected chi connectivity index (χ4v) is 2.99. The van der Waals surface area contributed by atoms with Crippen molar-refractivity contribution in [1.29, 1.82) is 0 Å². The van der Waals surface area contributed by atoms with Crippen molar-refractivity contribution in [2.75, 3.05) is 4.72 Å². The highest BCUT2D eigenvalue weighted by molar-refractivity contribution is 7.92. The molecule has 0 radical (unpaired) electrons. The highest BCUT2D eigenvalue weighted by Crippen LogP contribution is 2.18. The van der Waals surface area contributed by atoms with Gasteiger partial charge in [0, 0.05) is 18.1 Å². The summed E-state index contributed by atoms with van der Waals surface area (Å²) in [5.74, 6) is -0.484. The number of aromatic nitrogens is 2. The Morgan fingerprint density at radius 1 is 1.00 bits per heavy atom. The lowest BCUT2D eigenvalue weighted by atomic mass is 10.3.